The largest absolute Gasteiger partial charge is 0.361 e. The number of aromatic nitrogens is 1. The van der Waals surface area contributed by atoms with Gasteiger partial charge in [0.25, 0.3) is 0 Å². The molecule has 5 nitrogen and oxygen atoms in total. The van der Waals surface area contributed by atoms with E-state index in [4.69, 9.17) is 5.73 Å². The summed E-state index contributed by atoms with van der Waals surface area (Å²) in [4.78, 5) is 20.5. The number of para-hydroxylation sites is 1. The number of nitrogens with one attached hydrogen (secondary N) is 1. The first-order valence-electron chi connectivity index (χ1n) is 8.56. The molecule has 4 rings (SSSR count). The van der Waals surface area contributed by atoms with Crippen LogP contribution >= 0.6 is 24.8 Å². The van der Waals surface area contributed by atoms with Crippen LogP contribution in [0, 0.1) is 0 Å². The molecular weight excluding hydrogens is 359 g/mol. The summed E-state index contributed by atoms with van der Waals surface area (Å²) < 4.78 is 0. The molecule has 2 aliphatic heterocycles. The summed E-state index contributed by atoms with van der Waals surface area (Å²) in [5.74, 6) is 0.0989. The van der Waals surface area contributed by atoms with Gasteiger partial charge in [0.15, 0.2) is 0 Å². The lowest BCUT2D eigenvalue weighted by atomic mass is 10.0. The molecule has 2 fully saturated rings. The number of H-pyrrole nitrogens is 1. The van der Waals surface area contributed by atoms with Crippen LogP contribution in [-0.2, 0) is 11.2 Å². The third kappa shape index (κ3) is 3.95. The minimum Gasteiger partial charge on any atom is -0.361 e. The van der Waals surface area contributed by atoms with Crippen LogP contribution in [0.5, 0.6) is 0 Å². The summed E-state index contributed by atoms with van der Waals surface area (Å²) in [6.07, 6.45) is 5.04. The van der Waals surface area contributed by atoms with Crippen LogP contribution in [0.4, 0.5) is 0 Å². The average Bonchev–Trinajstić information content (AvgIpc) is 3.20. The number of carbonyl (C=O) groups is 1. The van der Waals surface area contributed by atoms with E-state index >= 15 is 0 Å². The van der Waals surface area contributed by atoms with Crippen molar-refractivity contribution in [2.24, 2.45) is 5.73 Å². The van der Waals surface area contributed by atoms with Gasteiger partial charge in [0.2, 0.25) is 5.91 Å². The summed E-state index contributed by atoms with van der Waals surface area (Å²) in [5.41, 5.74) is 8.47. The minimum absolute atomic E-state index is 0. The predicted octanol–water partition coefficient (Wildman–Crippen LogP) is 2.19. The Balaban J connectivity index is 0.00000113. The average molecular weight is 385 g/mol. The number of carbonyl (C=O) groups excluding carboxylic acids is 1. The van der Waals surface area contributed by atoms with E-state index in [2.05, 4.69) is 16.0 Å². The number of rotatable bonds is 3. The van der Waals surface area contributed by atoms with Crippen molar-refractivity contribution in [2.45, 2.75) is 31.3 Å². The summed E-state index contributed by atoms with van der Waals surface area (Å²) in [6.45, 7) is 3.85. The monoisotopic (exact) mass is 384 g/mol. The molecule has 1 unspecified atom stereocenters. The number of nitrogens with two attached hydrogens (primary N) is 1. The second kappa shape index (κ2) is 8.41. The summed E-state index contributed by atoms with van der Waals surface area (Å²) in [7, 11) is 0. The number of aromatic amines is 1. The molecule has 2 aromatic rings. The third-order valence-corrected chi connectivity index (χ3v) is 5.33. The number of nitrogens with zero attached hydrogens (tertiary/aromatic N) is 2. The molecule has 25 heavy (non-hydrogen) atoms. The molecule has 0 saturated carbocycles. The number of amides is 1. The first-order valence-corrected chi connectivity index (χ1v) is 8.56. The van der Waals surface area contributed by atoms with Gasteiger partial charge in [-0.05, 0) is 37.4 Å². The van der Waals surface area contributed by atoms with Crippen molar-refractivity contribution in [1.29, 1.82) is 0 Å². The molecule has 2 aliphatic rings. The topological polar surface area (TPSA) is 65.4 Å². The quantitative estimate of drug-likeness (QED) is 0.851. The molecule has 3 heterocycles. The second-order valence-corrected chi connectivity index (χ2v) is 6.79. The molecule has 3 N–H and O–H groups in total. The molecular formula is C18H26Cl2N4O. The Morgan fingerprint density at radius 1 is 1.24 bits per heavy atom. The zero-order chi connectivity index (χ0) is 15.8. The van der Waals surface area contributed by atoms with Crippen LogP contribution in [0.1, 0.15) is 18.4 Å². The van der Waals surface area contributed by atoms with E-state index in [1.54, 1.807) is 0 Å². The van der Waals surface area contributed by atoms with Crippen LogP contribution in [0.15, 0.2) is 30.5 Å². The Kier molecular flexibility index (Phi) is 6.74. The van der Waals surface area contributed by atoms with Crippen LogP contribution in [0.3, 0.4) is 0 Å². The molecule has 138 valence electrons. The van der Waals surface area contributed by atoms with Crippen molar-refractivity contribution in [2.75, 3.05) is 26.2 Å². The van der Waals surface area contributed by atoms with Crippen LogP contribution < -0.4 is 5.73 Å². The number of hydrogen-bond donors (Lipinski definition) is 2. The molecule has 0 radical (unpaired) electrons. The fourth-order valence-electron chi connectivity index (χ4n) is 4.05. The minimum atomic E-state index is -0.456. The van der Waals surface area contributed by atoms with Gasteiger partial charge in [-0.25, -0.2) is 0 Å². The Morgan fingerprint density at radius 3 is 2.88 bits per heavy atom. The van der Waals surface area contributed by atoms with E-state index < -0.39 is 6.04 Å². The molecule has 7 heteroatoms. The van der Waals surface area contributed by atoms with E-state index in [1.807, 2.05) is 29.3 Å². The van der Waals surface area contributed by atoms with Crippen LogP contribution in [-0.4, -0.2) is 59.0 Å². The lowest BCUT2D eigenvalue weighted by molar-refractivity contribution is -0.135. The van der Waals surface area contributed by atoms with E-state index in [-0.39, 0.29) is 30.7 Å². The van der Waals surface area contributed by atoms with Gasteiger partial charge in [-0.2, -0.15) is 0 Å². The van der Waals surface area contributed by atoms with Gasteiger partial charge in [0.05, 0.1) is 6.04 Å². The second-order valence-electron chi connectivity index (χ2n) is 6.79. The molecule has 2 atom stereocenters. The summed E-state index contributed by atoms with van der Waals surface area (Å²) in [5, 5.41) is 1.16. The smallest absolute Gasteiger partial charge is 0.239 e. The highest BCUT2D eigenvalue weighted by molar-refractivity contribution is 5.86. The highest BCUT2D eigenvalue weighted by Crippen LogP contribution is 2.23. The highest BCUT2D eigenvalue weighted by Gasteiger charge is 2.34. The van der Waals surface area contributed by atoms with Crippen LogP contribution in [0.2, 0.25) is 0 Å². The molecule has 1 aromatic carbocycles. The maximum Gasteiger partial charge on any atom is 0.239 e. The van der Waals surface area contributed by atoms with Gasteiger partial charge in [-0.1, -0.05) is 18.2 Å². The number of piperazine rings is 1. The van der Waals surface area contributed by atoms with E-state index in [9.17, 15) is 4.79 Å². The van der Waals surface area contributed by atoms with Gasteiger partial charge < -0.3 is 15.6 Å². The fourth-order valence-corrected chi connectivity index (χ4v) is 4.05. The van der Waals surface area contributed by atoms with E-state index in [0.717, 1.165) is 36.1 Å². The van der Waals surface area contributed by atoms with Gasteiger partial charge in [0, 0.05) is 42.8 Å². The molecule has 0 spiro atoms. The molecule has 1 amide bonds. The number of halogens is 2. The van der Waals surface area contributed by atoms with Crippen molar-refractivity contribution in [1.82, 2.24) is 14.8 Å². The first kappa shape index (κ1) is 20.0. The predicted molar refractivity (Wildman–Crippen MR) is 106 cm³/mol. The lowest BCUT2D eigenvalue weighted by Gasteiger charge is -2.38. The van der Waals surface area contributed by atoms with Gasteiger partial charge in [-0.15, -0.1) is 24.8 Å². The van der Waals surface area contributed by atoms with Crippen molar-refractivity contribution >= 4 is 41.6 Å². The first-order chi connectivity index (χ1) is 11.2. The Hall–Kier alpha value is -1.27. The molecule has 2 saturated heterocycles. The zero-order valence-electron chi connectivity index (χ0n) is 14.2. The number of hydrogen-bond acceptors (Lipinski definition) is 3. The third-order valence-electron chi connectivity index (χ3n) is 5.33. The molecule has 0 bridgehead atoms. The van der Waals surface area contributed by atoms with Gasteiger partial charge in [-0.3, -0.25) is 9.69 Å². The normalized spacial score (nSPS) is 21.3. The Bertz CT molecular complexity index is 720. The maximum atomic E-state index is 12.7. The van der Waals surface area contributed by atoms with Gasteiger partial charge in [0.1, 0.15) is 0 Å². The molecule has 1 aromatic heterocycles. The Labute approximate surface area is 160 Å². The van der Waals surface area contributed by atoms with Crippen molar-refractivity contribution in [3.8, 4) is 0 Å². The Morgan fingerprint density at radius 2 is 2.04 bits per heavy atom. The summed E-state index contributed by atoms with van der Waals surface area (Å²) >= 11 is 0. The van der Waals surface area contributed by atoms with Crippen molar-refractivity contribution in [3.63, 3.8) is 0 Å². The number of fused-ring (bicyclic) bond motifs is 2. The van der Waals surface area contributed by atoms with E-state index in [1.165, 1.54) is 19.4 Å². The standard InChI is InChI=1S/C18H24N4O.2ClH/c19-16(10-13-11-20-17-6-2-1-5-15(13)17)18(23)22-9-8-21-7-3-4-14(21)12-22;;/h1-2,5-6,11,14,16,20H,3-4,7-10,12,19H2;2*1H/t14?,16-;;/m0../s1. The van der Waals surface area contributed by atoms with Crippen LogP contribution in [0.25, 0.3) is 10.9 Å². The van der Waals surface area contributed by atoms with Crippen molar-refractivity contribution < 1.29 is 4.79 Å². The fraction of sp³-hybridized carbons (Fsp3) is 0.500. The maximum absolute atomic E-state index is 12.7. The number of benzene rings is 1. The summed E-state index contributed by atoms with van der Waals surface area (Å²) in [6, 6.07) is 8.25. The molecule has 0 aliphatic carbocycles. The zero-order valence-corrected chi connectivity index (χ0v) is 15.8. The van der Waals surface area contributed by atoms with Crippen molar-refractivity contribution in [3.05, 3.63) is 36.0 Å². The highest BCUT2D eigenvalue weighted by atomic mass is 35.5. The lowest BCUT2D eigenvalue weighted by Crippen LogP contribution is -2.56. The van der Waals surface area contributed by atoms with E-state index in [0.29, 0.717) is 12.5 Å². The van der Waals surface area contributed by atoms with Gasteiger partial charge >= 0.3 is 0 Å². The SMILES string of the molecule is Cl.Cl.N[C@@H](Cc1c[nH]c2ccccc12)C(=O)N1CCN2CCCC2C1.